The molecule has 3 aromatic rings. The molecule has 2 heteroatoms. The first-order valence-corrected chi connectivity index (χ1v) is 6.15. The van der Waals surface area contributed by atoms with Crippen LogP contribution in [-0.2, 0) is 6.42 Å². The van der Waals surface area contributed by atoms with Gasteiger partial charge in [0, 0.05) is 16.0 Å². The first-order chi connectivity index (χ1) is 8.77. The van der Waals surface area contributed by atoms with Gasteiger partial charge in [0.25, 0.3) is 0 Å². The normalized spacial score (nSPS) is 14.0. The molecule has 88 valence electrons. The van der Waals surface area contributed by atoms with Crippen molar-refractivity contribution >= 4 is 27.6 Å². The van der Waals surface area contributed by atoms with Gasteiger partial charge in [0.05, 0.1) is 0 Å². The zero-order valence-corrected chi connectivity index (χ0v) is 9.77. The van der Waals surface area contributed by atoms with Crippen LogP contribution in [0.4, 0.5) is 0 Å². The lowest BCUT2D eigenvalue weighted by molar-refractivity contribution is 0.405. The molecule has 0 bridgehead atoms. The van der Waals surface area contributed by atoms with Crippen molar-refractivity contribution in [3.63, 3.8) is 0 Å². The second-order valence-electron chi connectivity index (χ2n) is 4.86. The minimum atomic E-state index is -0.00148. The number of aromatic hydroxyl groups is 2. The first-order valence-electron chi connectivity index (χ1n) is 6.15. The van der Waals surface area contributed by atoms with Crippen molar-refractivity contribution in [3.8, 4) is 11.5 Å². The van der Waals surface area contributed by atoms with Crippen molar-refractivity contribution in [2.45, 2.75) is 12.8 Å². The van der Waals surface area contributed by atoms with E-state index in [1.54, 1.807) is 0 Å². The summed E-state index contributed by atoms with van der Waals surface area (Å²) in [5.41, 5.74) is 1.26. The van der Waals surface area contributed by atoms with Crippen LogP contribution in [0.2, 0.25) is 0 Å². The molecule has 0 amide bonds. The Bertz CT molecular complexity index is 847. The second kappa shape index (κ2) is 3.16. The third-order valence-electron chi connectivity index (χ3n) is 3.90. The highest BCUT2D eigenvalue weighted by molar-refractivity contribution is 6.15. The average molecular weight is 236 g/mol. The fourth-order valence-corrected chi connectivity index (χ4v) is 3.08. The van der Waals surface area contributed by atoms with Crippen molar-refractivity contribution in [1.29, 1.82) is 0 Å². The minimum absolute atomic E-state index is 0.00148. The molecule has 4 rings (SSSR count). The van der Waals surface area contributed by atoms with Gasteiger partial charge in [0.1, 0.15) is 0 Å². The molecule has 0 spiro atoms. The Morgan fingerprint density at radius 1 is 0.889 bits per heavy atom. The van der Waals surface area contributed by atoms with E-state index in [0.717, 1.165) is 39.6 Å². The molecule has 1 aliphatic carbocycles. The zero-order chi connectivity index (χ0) is 12.3. The summed E-state index contributed by atoms with van der Waals surface area (Å²) in [6.07, 6.45) is 3.92. The van der Waals surface area contributed by atoms with E-state index in [9.17, 15) is 10.2 Å². The van der Waals surface area contributed by atoms with Crippen LogP contribution in [0.1, 0.15) is 12.0 Å². The number of phenolic OH excluding ortho intramolecular Hbond substituents is 2. The maximum absolute atomic E-state index is 10.2. The molecular formula is C16H12O2. The van der Waals surface area contributed by atoms with Gasteiger partial charge in [0.2, 0.25) is 0 Å². The minimum Gasteiger partial charge on any atom is -0.504 e. The summed E-state index contributed by atoms with van der Waals surface area (Å²) in [4.78, 5) is 0. The monoisotopic (exact) mass is 236 g/mol. The summed E-state index contributed by atoms with van der Waals surface area (Å²) in [5, 5.41) is 25.1. The highest BCUT2D eigenvalue weighted by Gasteiger charge is 2.17. The second-order valence-corrected chi connectivity index (χ2v) is 4.86. The quantitative estimate of drug-likeness (QED) is 0.589. The molecule has 0 aliphatic heterocycles. The molecule has 2 nitrogen and oxygen atoms in total. The predicted molar refractivity (Wildman–Crippen MR) is 72.8 cm³/mol. The molecule has 0 radical (unpaired) electrons. The van der Waals surface area contributed by atoms with Crippen molar-refractivity contribution < 1.29 is 10.2 Å². The van der Waals surface area contributed by atoms with Crippen LogP contribution in [-0.4, -0.2) is 10.2 Å². The summed E-state index contributed by atoms with van der Waals surface area (Å²) >= 11 is 0. The van der Waals surface area contributed by atoms with Gasteiger partial charge < -0.3 is 10.2 Å². The fourth-order valence-electron chi connectivity index (χ4n) is 3.08. The predicted octanol–water partition coefficient (Wildman–Crippen LogP) is 2.85. The lowest BCUT2D eigenvalue weighted by Gasteiger charge is -2.16. The topological polar surface area (TPSA) is 40.5 Å². The number of phenols is 2. The molecule has 0 saturated heterocycles. The molecular weight excluding hydrogens is 224 g/mol. The number of hydrogen-bond donors (Lipinski definition) is 2. The van der Waals surface area contributed by atoms with E-state index < -0.39 is 0 Å². The molecule has 1 aliphatic rings. The summed E-state index contributed by atoms with van der Waals surface area (Å²) in [7, 11) is 0. The third kappa shape index (κ3) is 1.03. The molecule has 2 N–H and O–H groups in total. The third-order valence-corrected chi connectivity index (χ3v) is 3.90. The number of rotatable bonds is 0. The zero-order valence-electron chi connectivity index (χ0n) is 9.77. The van der Waals surface area contributed by atoms with Crippen molar-refractivity contribution in [3.05, 3.63) is 41.1 Å². The lowest BCUT2D eigenvalue weighted by Crippen LogP contribution is -2.11. The SMILES string of the molecule is Oc1c(O)c2cccc3ccc4c(c1=CCC4)c32. The molecule has 0 saturated carbocycles. The Hall–Kier alpha value is -2.22. The van der Waals surface area contributed by atoms with Gasteiger partial charge >= 0.3 is 0 Å². The van der Waals surface area contributed by atoms with Crippen molar-refractivity contribution in [1.82, 2.24) is 0 Å². The van der Waals surface area contributed by atoms with Gasteiger partial charge in [-0.25, -0.2) is 0 Å². The highest BCUT2D eigenvalue weighted by Crippen LogP contribution is 2.38. The molecule has 0 unspecified atom stereocenters. The smallest absolute Gasteiger partial charge is 0.166 e. The maximum Gasteiger partial charge on any atom is 0.166 e. The summed E-state index contributed by atoms with van der Waals surface area (Å²) in [6, 6.07) is 10.0. The Kier molecular flexibility index (Phi) is 1.72. The number of aryl methyl sites for hydroxylation is 1. The van der Waals surface area contributed by atoms with Crippen LogP contribution in [0, 0.1) is 0 Å². The molecule has 3 aromatic carbocycles. The van der Waals surface area contributed by atoms with E-state index in [4.69, 9.17) is 0 Å². The van der Waals surface area contributed by atoms with E-state index in [1.165, 1.54) is 5.56 Å². The average Bonchev–Trinajstić information content (AvgIpc) is 2.43. The molecule has 0 heterocycles. The maximum atomic E-state index is 10.2. The van der Waals surface area contributed by atoms with E-state index in [-0.39, 0.29) is 11.5 Å². The lowest BCUT2D eigenvalue weighted by atomic mass is 9.89. The number of benzene rings is 3. The Morgan fingerprint density at radius 2 is 1.78 bits per heavy atom. The fraction of sp³-hybridized carbons (Fsp3) is 0.125. The Morgan fingerprint density at radius 3 is 2.67 bits per heavy atom. The van der Waals surface area contributed by atoms with Crippen LogP contribution >= 0.6 is 0 Å². The highest BCUT2D eigenvalue weighted by atomic mass is 16.3. The van der Waals surface area contributed by atoms with Gasteiger partial charge in [-0.1, -0.05) is 36.4 Å². The molecule has 18 heavy (non-hydrogen) atoms. The Labute approximate surface area is 104 Å². The van der Waals surface area contributed by atoms with E-state index in [2.05, 4.69) is 12.1 Å². The largest absolute Gasteiger partial charge is 0.504 e. The van der Waals surface area contributed by atoms with Crippen molar-refractivity contribution in [2.24, 2.45) is 0 Å². The summed E-state index contributed by atoms with van der Waals surface area (Å²) in [6.45, 7) is 0. The van der Waals surface area contributed by atoms with Crippen LogP contribution in [0.3, 0.4) is 0 Å². The molecule has 0 atom stereocenters. The first kappa shape index (κ1) is 9.77. The van der Waals surface area contributed by atoms with E-state index >= 15 is 0 Å². The van der Waals surface area contributed by atoms with Gasteiger partial charge in [-0.2, -0.15) is 0 Å². The van der Waals surface area contributed by atoms with E-state index in [1.807, 2.05) is 24.3 Å². The van der Waals surface area contributed by atoms with Crippen LogP contribution in [0.5, 0.6) is 11.5 Å². The Balaban J connectivity index is 2.47. The summed E-state index contributed by atoms with van der Waals surface area (Å²) in [5.74, 6) is 0.0144. The van der Waals surface area contributed by atoms with Gasteiger partial charge in [-0.15, -0.1) is 0 Å². The van der Waals surface area contributed by atoms with Gasteiger partial charge in [-0.05, 0) is 29.2 Å². The molecule has 0 aromatic heterocycles. The van der Waals surface area contributed by atoms with Crippen LogP contribution in [0.25, 0.3) is 27.6 Å². The molecule has 0 fully saturated rings. The van der Waals surface area contributed by atoms with Crippen LogP contribution < -0.4 is 5.22 Å². The van der Waals surface area contributed by atoms with Crippen molar-refractivity contribution in [2.75, 3.05) is 0 Å². The van der Waals surface area contributed by atoms with Crippen LogP contribution in [0.15, 0.2) is 30.3 Å². The van der Waals surface area contributed by atoms with E-state index in [0.29, 0.717) is 0 Å². The van der Waals surface area contributed by atoms with Gasteiger partial charge in [-0.3, -0.25) is 0 Å². The summed E-state index contributed by atoms with van der Waals surface area (Å²) < 4.78 is 0. The number of hydrogen-bond acceptors (Lipinski definition) is 2. The van der Waals surface area contributed by atoms with Gasteiger partial charge in [0.15, 0.2) is 11.5 Å². The standard InChI is InChI=1S/C16H12O2/c17-15-11-5-1-3-9-7-8-10-4-2-6-12(16(15)18)14(10)13(9)11/h1,3,5-8,17-18H,2,4H2.